The van der Waals surface area contributed by atoms with E-state index in [1.807, 2.05) is 31.2 Å². The number of hydrogen-bond acceptors (Lipinski definition) is 4. The number of benzene rings is 2. The van der Waals surface area contributed by atoms with Crippen LogP contribution in [0.15, 0.2) is 48.5 Å². The zero-order valence-corrected chi connectivity index (χ0v) is 20.2. The monoisotopic (exact) mass is 478 g/mol. The van der Waals surface area contributed by atoms with Gasteiger partial charge in [0, 0.05) is 30.8 Å². The molecule has 35 heavy (non-hydrogen) atoms. The molecule has 3 N–H and O–H groups in total. The van der Waals surface area contributed by atoms with Gasteiger partial charge in [-0.15, -0.1) is 0 Å². The van der Waals surface area contributed by atoms with E-state index in [1.165, 1.54) is 11.1 Å². The smallest absolute Gasteiger partial charge is 0.407 e. The van der Waals surface area contributed by atoms with Crippen LogP contribution in [0.1, 0.15) is 68.9 Å². The fraction of sp³-hybridized carbons (Fsp3) is 0.464. The second-order valence-electron chi connectivity index (χ2n) is 9.70. The maximum Gasteiger partial charge on any atom is 0.407 e. The molecule has 0 bridgehead atoms. The minimum atomic E-state index is -0.794. The van der Waals surface area contributed by atoms with Crippen LogP contribution >= 0.6 is 0 Å². The Bertz CT molecular complexity index is 1020. The van der Waals surface area contributed by atoms with Gasteiger partial charge in [0.1, 0.15) is 6.61 Å². The largest absolute Gasteiger partial charge is 0.481 e. The molecule has 0 aromatic heterocycles. The number of nitrogens with one attached hydrogen (secondary N) is 2. The molecule has 7 nitrogen and oxygen atoms in total. The Morgan fingerprint density at radius 2 is 1.69 bits per heavy atom. The zero-order valence-electron chi connectivity index (χ0n) is 20.2. The van der Waals surface area contributed by atoms with Crippen molar-refractivity contribution in [2.24, 2.45) is 5.92 Å². The number of carbonyl (C=O) groups is 3. The molecule has 2 aliphatic carbocycles. The summed E-state index contributed by atoms with van der Waals surface area (Å²) in [6.07, 6.45) is 3.61. The van der Waals surface area contributed by atoms with Crippen molar-refractivity contribution in [1.82, 2.24) is 10.6 Å². The van der Waals surface area contributed by atoms with Crippen LogP contribution < -0.4 is 10.6 Å². The number of amides is 2. The molecule has 0 radical (unpaired) electrons. The lowest BCUT2D eigenvalue weighted by Crippen LogP contribution is -2.41. The molecule has 1 saturated carbocycles. The molecule has 2 aromatic rings. The van der Waals surface area contributed by atoms with Gasteiger partial charge in [-0.25, -0.2) is 4.79 Å². The lowest BCUT2D eigenvalue weighted by molar-refractivity contribution is -0.138. The highest BCUT2D eigenvalue weighted by Crippen LogP contribution is 2.44. The summed E-state index contributed by atoms with van der Waals surface area (Å²) in [6.45, 7) is 2.25. The van der Waals surface area contributed by atoms with E-state index in [9.17, 15) is 14.4 Å². The molecule has 0 aliphatic heterocycles. The Labute approximate surface area is 206 Å². The van der Waals surface area contributed by atoms with Gasteiger partial charge < -0.3 is 20.5 Å². The fourth-order valence-corrected chi connectivity index (χ4v) is 5.53. The highest BCUT2D eigenvalue weighted by atomic mass is 16.5. The van der Waals surface area contributed by atoms with Gasteiger partial charge in [-0.3, -0.25) is 9.59 Å². The van der Waals surface area contributed by atoms with Crippen molar-refractivity contribution < 1.29 is 24.2 Å². The number of fused-ring (bicyclic) bond motifs is 3. The number of rotatable bonds is 10. The number of carbonyl (C=O) groups excluding carboxylic acids is 2. The van der Waals surface area contributed by atoms with Crippen molar-refractivity contribution in [3.63, 3.8) is 0 Å². The van der Waals surface area contributed by atoms with E-state index in [0.29, 0.717) is 12.8 Å². The third-order valence-electron chi connectivity index (χ3n) is 7.10. The summed E-state index contributed by atoms with van der Waals surface area (Å²) >= 11 is 0. The number of hydrogen-bond donors (Lipinski definition) is 3. The van der Waals surface area contributed by atoms with Crippen LogP contribution in [-0.4, -0.2) is 41.8 Å². The second-order valence-corrected chi connectivity index (χ2v) is 9.70. The van der Waals surface area contributed by atoms with Gasteiger partial charge in [0.2, 0.25) is 5.91 Å². The third-order valence-corrected chi connectivity index (χ3v) is 7.10. The van der Waals surface area contributed by atoms with E-state index in [0.717, 1.165) is 30.4 Å². The molecular formula is C28H34N2O5. The summed E-state index contributed by atoms with van der Waals surface area (Å²) < 4.78 is 5.65. The standard InChI is InChI=1S/C28H34N2O5/c1-2-7-19(16-26(31)29-20-13-12-18(14-20)15-27(32)33)30-28(34)35-17-25-23-10-5-3-8-21(23)22-9-4-6-11-24(22)25/h3-6,8-11,18-20,25H,2,7,12-17H2,1H3,(H,29,31)(H,30,34)(H,32,33)/t18-,19-,20+/m0/s1. The summed E-state index contributed by atoms with van der Waals surface area (Å²) in [7, 11) is 0. The van der Waals surface area contributed by atoms with Gasteiger partial charge in [-0.05, 0) is 53.9 Å². The number of alkyl carbamates (subject to hydrolysis) is 1. The van der Waals surface area contributed by atoms with Crippen molar-refractivity contribution in [2.45, 2.75) is 69.9 Å². The van der Waals surface area contributed by atoms with Crippen LogP contribution in [0.25, 0.3) is 11.1 Å². The molecule has 0 saturated heterocycles. The molecule has 2 amide bonds. The van der Waals surface area contributed by atoms with Crippen LogP contribution in [0.5, 0.6) is 0 Å². The van der Waals surface area contributed by atoms with Crippen molar-refractivity contribution in [2.75, 3.05) is 6.61 Å². The second kappa shape index (κ2) is 11.4. The average molecular weight is 479 g/mol. The SMILES string of the molecule is CCC[C@@H](CC(=O)N[C@@H]1CC[C@H](CC(=O)O)C1)NC(=O)OCC1c2ccccc2-c2ccccc21. The van der Waals surface area contributed by atoms with E-state index in [1.54, 1.807) is 0 Å². The van der Waals surface area contributed by atoms with Crippen molar-refractivity contribution in [1.29, 1.82) is 0 Å². The Morgan fingerprint density at radius 3 is 2.31 bits per heavy atom. The first-order valence-corrected chi connectivity index (χ1v) is 12.6. The summed E-state index contributed by atoms with van der Waals surface area (Å²) in [5.41, 5.74) is 4.66. The van der Waals surface area contributed by atoms with Crippen LogP contribution in [0.3, 0.4) is 0 Å². The van der Waals surface area contributed by atoms with E-state index < -0.39 is 12.1 Å². The summed E-state index contributed by atoms with van der Waals surface area (Å²) in [5, 5.41) is 14.9. The molecule has 0 heterocycles. The molecule has 2 aromatic carbocycles. The lowest BCUT2D eigenvalue weighted by Gasteiger charge is -2.20. The molecule has 7 heteroatoms. The van der Waals surface area contributed by atoms with Crippen molar-refractivity contribution in [3.05, 3.63) is 59.7 Å². The maximum absolute atomic E-state index is 12.7. The predicted molar refractivity (Wildman–Crippen MR) is 133 cm³/mol. The van der Waals surface area contributed by atoms with Gasteiger partial charge in [-0.1, -0.05) is 61.9 Å². The number of ether oxygens (including phenoxy) is 1. The Kier molecular flexibility index (Phi) is 8.06. The first kappa shape index (κ1) is 24.8. The first-order valence-electron chi connectivity index (χ1n) is 12.6. The van der Waals surface area contributed by atoms with Gasteiger partial charge in [0.25, 0.3) is 0 Å². The molecule has 3 atom stereocenters. The molecule has 0 spiro atoms. The summed E-state index contributed by atoms with van der Waals surface area (Å²) in [5.74, 6) is -0.814. The minimum absolute atomic E-state index is 0.00332. The van der Waals surface area contributed by atoms with Gasteiger partial charge in [0.05, 0.1) is 0 Å². The Morgan fingerprint density at radius 1 is 1.03 bits per heavy atom. The average Bonchev–Trinajstić information content (AvgIpc) is 3.39. The van der Waals surface area contributed by atoms with E-state index in [4.69, 9.17) is 9.84 Å². The van der Waals surface area contributed by atoms with Crippen molar-refractivity contribution in [3.8, 4) is 11.1 Å². The predicted octanol–water partition coefficient (Wildman–Crippen LogP) is 4.84. The summed E-state index contributed by atoms with van der Waals surface area (Å²) in [6, 6.07) is 16.1. The third kappa shape index (κ3) is 6.21. The van der Waals surface area contributed by atoms with E-state index >= 15 is 0 Å². The first-order chi connectivity index (χ1) is 16.9. The normalized spacial score (nSPS) is 19.5. The number of aliphatic carboxylic acids is 1. The molecule has 4 rings (SSSR count). The topological polar surface area (TPSA) is 105 Å². The highest BCUT2D eigenvalue weighted by Gasteiger charge is 2.30. The van der Waals surface area contributed by atoms with Gasteiger partial charge >= 0.3 is 12.1 Å². The number of carboxylic acids is 1. The summed E-state index contributed by atoms with van der Waals surface area (Å²) in [4.78, 5) is 36.2. The van der Waals surface area contributed by atoms with E-state index in [-0.39, 0.29) is 49.3 Å². The van der Waals surface area contributed by atoms with Crippen molar-refractivity contribution >= 4 is 18.0 Å². The van der Waals surface area contributed by atoms with Gasteiger partial charge in [0.15, 0.2) is 0 Å². The zero-order chi connectivity index (χ0) is 24.8. The van der Waals surface area contributed by atoms with Crippen LogP contribution in [0, 0.1) is 5.92 Å². The molecule has 186 valence electrons. The van der Waals surface area contributed by atoms with Gasteiger partial charge in [-0.2, -0.15) is 0 Å². The quantitative estimate of drug-likeness (QED) is 0.453. The fourth-order valence-electron chi connectivity index (χ4n) is 5.53. The van der Waals surface area contributed by atoms with Crippen LogP contribution in [0.4, 0.5) is 4.79 Å². The minimum Gasteiger partial charge on any atom is -0.481 e. The molecular weight excluding hydrogens is 444 g/mol. The Hall–Kier alpha value is -3.35. The number of carboxylic acid groups (broad SMARTS) is 1. The Balaban J connectivity index is 1.28. The van der Waals surface area contributed by atoms with Crippen LogP contribution in [0.2, 0.25) is 0 Å². The van der Waals surface area contributed by atoms with Crippen LogP contribution in [-0.2, 0) is 14.3 Å². The maximum atomic E-state index is 12.7. The highest BCUT2D eigenvalue weighted by molar-refractivity contribution is 5.79. The lowest BCUT2D eigenvalue weighted by atomic mass is 9.98. The molecule has 1 fully saturated rings. The molecule has 2 aliphatic rings. The van der Waals surface area contributed by atoms with E-state index in [2.05, 4.69) is 34.9 Å². The molecule has 0 unspecified atom stereocenters.